The normalized spacial score (nSPS) is 15.0. The van der Waals surface area contributed by atoms with Crippen molar-refractivity contribution in [2.45, 2.75) is 31.8 Å². The molecule has 0 aliphatic carbocycles. The Kier molecular flexibility index (Phi) is 7.05. The summed E-state index contributed by atoms with van der Waals surface area (Å²) in [7, 11) is 0. The topological polar surface area (TPSA) is 35.6 Å². The van der Waals surface area contributed by atoms with Crippen LogP contribution in [0, 0.1) is 18.2 Å². The molecule has 0 spiro atoms. The lowest BCUT2D eigenvalue weighted by Gasteiger charge is -2.38. The van der Waals surface area contributed by atoms with Gasteiger partial charge in [0.1, 0.15) is 5.82 Å². The minimum absolute atomic E-state index is 0.154. The number of nitrogens with one attached hydrogen (secondary N) is 1. The van der Waals surface area contributed by atoms with Gasteiger partial charge in [0.25, 0.3) is 0 Å². The molecule has 0 atom stereocenters. The predicted octanol–water partition coefficient (Wildman–Crippen LogP) is 4.35. The van der Waals surface area contributed by atoms with Gasteiger partial charge in [0.05, 0.1) is 0 Å². The monoisotopic (exact) mass is 379 g/mol. The van der Waals surface area contributed by atoms with Crippen LogP contribution < -0.4 is 5.32 Å². The van der Waals surface area contributed by atoms with Crippen LogP contribution in [0.5, 0.6) is 0 Å². The zero-order chi connectivity index (χ0) is 19.8. The first-order chi connectivity index (χ1) is 13.7. The van der Waals surface area contributed by atoms with E-state index in [1.807, 2.05) is 11.0 Å². The molecule has 28 heavy (non-hydrogen) atoms. The summed E-state index contributed by atoms with van der Waals surface area (Å²) in [4.78, 5) is 17.1. The molecule has 1 saturated heterocycles. The van der Waals surface area contributed by atoms with Crippen LogP contribution in [0.1, 0.15) is 24.8 Å². The minimum Gasteiger partial charge on any atom is -0.320 e. The number of halogens is 1. The number of terminal acetylenes is 1. The number of amides is 2. The summed E-state index contributed by atoms with van der Waals surface area (Å²) in [6.45, 7) is 3.33. The molecule has 4 nitrogen and oxygen atoms in total. The first-order valence-corrected chi connectivity index (χ1v) is 9.68. The zero-order valence-corrected chi connectivity index (χ0v) is 16.0. The van der Waals surface area contributed by atoms with Gasteiger partial charge in [0, 0.05) is 44.3 Å². The maximum absolute atomic E-state index is 13.1. The number of rotatable bonds is 6. The molecular weight excluding hydrogens is 353 g/mol. The zero-order valence-electron chi connectivity index (χ0n) is 16.0. The molecule has 2 aromatic rings. The van der Waals surface area contributed by atoms with Crippen LogP contribution in [0.2, 0.25) is 0 Å². The summed E-state index contributed by atoms with van der Waals surface area (Å²) in [6.07, 6.45) is 7.76. The van der Waals surface area contributed by atoms with E-state index < -0.39 is 0 Å². The first kappa shape index (κ1) is 19.9. The third-order valence-corrected chi connectivity index (χ3v) is 5.10. The molecule has 0 radical (unpaired) electrons. The highest BCUT2D eigenvalue weighted by molar-refractivity contribution is 5.89. The van der Waals surface area contributed by atoms with Gasteiger partial charge in [-0.3, -0.25) is 4.90 Å². The second-order valence-corrected chi connectivity index (χ2v) is 7.08. The van der Waals surface area contributed by atoms with Crippen molar-refractivity contribution in [3.05, 3.63) is 66.0 Å². The molecule has 2 aromatic carbocycles. The van der Waals surface area contributed by atoms with Crippen molar-refractivity contribution in [3.8, 4) is 12.3 Å². The number of carbonyl (C=O) groups is 1. The van der Waals surface area contributed by atoms with Gasteiger partial charge in [-0.15, -0.1) is 12.3 Å². The summed E-state index contributed by atoms with van der Waals surface area (Å²) in [6, 6.07) is 16.2. The Bertz CT molecular complexity index is 793. The first-order valence-electron chi connectivity index (χ1n) is 9.68. The van der Waals surface area contributed by atoms with Crippen molar-refractivity contribution in [2.24, 2.45) is 0 Å². The van der Waals surface area contributed by atoms with Gasteiger partial charge in [-0.2, -0.15) is 0 Å². The molecule has 146 valence electrons. The Morgan fingerprint density at radius 3 is 2.46 bits per heavy atom. The van der Waals surface area contributed by atoms with Crippen LogP contribution >= 0.6 is 0 Å². The highest BCUT2D eigenvalue weighted by Gasteiger charge is 2.27. The second-order valence-electron chi connectivity index (χ2n) is 7.08. The van der Waals surface area contributed by atoms with Crippen LogP contribution in [0.25, 0.3) is 0 Å². The van der Waals surface area contributed by atoms with Crippen molar-refractivity contribution in [3.63, 3.8) is 0 Å². The van der Waals surface area contributed by atoms with E-state index in [0.29, 0.717) is 18.7 Å². The Labute approximate surface area is 166 Å². The molecule has 1 N–H and O–H groups in total. The van der Waals surface area contributed by atoms with Gasteiger partial charge in [-0.1, -0.05) is 30.3 Å². The maximum Gasteiger partial charge on any atom is 0.322 e. The van der Waals surface area contributed by atoms with Crippen LogP contribution in [0.15, 0.2) is 54.6 Å². The molecule has 2 amide bonds. The van der Waals surface area contributed by atoms with Gasteiger partial charge in [0.2, 0.25) is 0 Å². The van der Waals surface area contributed by atoms with Crippen molar-refractivity contribution in [2.75, 3.05) is 25.0 Å². The summed E-state index contributed by atoms with van der Waals surface area (Å²) in [5.74, 6) is 2.30. The lowest BCUT2D eigenvalue weighted by atomic mass is 10.0. The van der Waals surface area contributed by atoms with Gasteiger partial charge in [-0.25, -0.2) is 9.18 Å². The number of hydrogen-bond acceptors (Lipinski definition) is 2. The van der Waals surface area contributed by atoms with E-state index in [0.717, 1.165) is 32.5 Å². The number of urea groups is 1. The molecule has 1 heterocycles. The second kappa shape index (κ2) is 9.91. The van der Waals surface area contributed by atoms with Crippen LogP contribution in [0.3, 0.4) is 0 Å². The molecular formula is C23H26FN3O. The molecule has 1 fully saturated rings. The quantitative estimate of drug-likeness (QED) is 0.758. The molecule has 0 bridgehead atoms. The number of hydrogen-bond donors (Lipinski definition) is 1. The average Bonchev–Trinajstić information content (AvgIpc) is 2.72. The Morgan fingerprint density at radius 2 is 1.82 bits per heavy atom. The fraction of sp³-hybridized carbons (Fsp3) is 0.348. The highest BCUT2D eigenvalue weighted by atomic mass is 19.1. The number of likely N-dealkylation sites (tertiary alicyclic amines) is 1. The molecule has 0 aromatic heterocycles. The number of nitrogens with zero attached hydrogens (tertiary/aromatic N) is 2. The Morgan fingerprint density at radius 1 is 1.14 bits per heavy atom. The van der Waals surface area contributed by atoms with E-state index in [1.165, 1.54) is 17.7 Å². The third-order valence-electron chi connectivity index (χ3n) is 5.10. The molecule has 3 rings (SSSR count). The minimum atomic E-state index is -0.326. The summed E-state index contributed by atoms with van der Waals surface area (Å²) in [5, 5.41) is 2.86. The van der Waals surface area contributed by atoms with E-state index in [4.69, 9.17) is 6.42 Å². The van der Waals surface area contributed by atoms with E-state index in [1.54, 1.807) is 12.1 Å². The van der Waals surface area contributed by atoms with Crippen LogP contribution in [-0.4, -0.2) is 41.5 Å². The highest BCUT2D eigenvalue weighted by Crippen LogP contribution is 2.20. The van der Waals surface area contributed by atoms with E-state index in [2.05, 4.69) is 40.4 Å². The van der Waals surface area contributed by atoms with Gasteiger partial charge >= 0.3 is 6.03 Å². The average molecular weight is 379 g/mol. The lowest BCUT2D eigenvalue weighted by Crippen LogP contribution is -2.49. The Hall–Kier alpha value is -2.84. The molecule has 0 saturated carbocycles. The van der Waals surface area contributed by atoms with E-state index in [-0.39, 0.29) is 17.9 Å². The van der Waals surface area contributed by atoms with Gasteiger partial charge in [-0.05, 0) is 42.7 Å². The van der Waals surface area contributed by atoms with Gasteiger partial charge < -0.3 is 10.2 Å². The summed E-state index contributed by atoms with van der Waals surface area (Å²) < 4.78 is 13.1. The number of piperidine rings is 1. The third kappa shape index (κ3) is 5.58. The maximum atomic E-state index is 13.1. The fourth-order valence-electron chi connectivity index (χ4n) is 3.59. The largest absolute Gasteiger partial charge is 0.322 e. The van der Waals surface area contributed by atoms with Crippen LogP contribution in [-0.2, 0) is 6.54 Å². The van der Waals surface area contributed by atoms with Crippen molar-refractivity contribution in [1.29, 1.82) is 0 Å². The summed E-state index contributed by atoms with van der Waals surface area (Å²) >= 11 is 0. The van der Waals surface area contributed by atoms with Crippen LogP contribution in [0.4, 0.5) is 14.9 Å². The standard InChI is InChI=1S/C23H26FN3O/c1-2-3-15-27(23(28)25-21-11-9-20(24)10-12-21)22-13-16-26(17-14-22)18-19-7-5-4-6-8-19/h1,4-12,22H,3,13-18H2,(H,25,28). The van der Waals surface area contributed by atoms with Crippen molar-refractivity contribution >= 4 is 11.7 Å². The molecule has 0 unspecified atom stereocenters. The van der Waals surface area contributed by atoms with E-state index in [9.17, 15) is 9.18 Å². The van der Waals surface area contributed by atoms with E-state index >= 15 is 0 Å². The Balaban J connectivity index is 1.58. The number of anilines is 1. The lowest BCUT2D eigenvalue weighted by molar-refractivity contribution is 0.125. The smallest absolute Gasteiger partial charge is 0.320 e. The molecule has 5 heteroatoms. The summed E-state index contributed by atoms with van der Waals surface area (Å²) in [5.41, 5.74) is 1.89. The molecule has 1 aliphatic heterocycles. The van der Waals surface area contributed by atoms with Gasteiger partial charge in [0.15, 0.2) is 0 Å². The fourth-order valence-corrected chi connectivity index (χ4v) is 3.59. The number of carbonyl (C=O) groups excluding carboxylic acids is 1. The predicted molar refractivity (Wildman–Crippen MR) is 110 cm³/mol. The number of benzene rings is 2. The van der Waals surface area contributed by atoms with Crippen molar-refractivity contribution in [1.82, 2.24) is 9.80 Å². The molecule has 1 aliphatic rings. The SMILES string of the molecule is C#CCCN(C(=O)Nc1ccc(F)cc1)C1CCN(Cc2ccccc2)CC1. The van der Waals surface area contributed by atoms with Crippen molar-refractivity contribution < 1.29 is 9.18 Å².